The highest BCUT2D eigenvalue weighted by Crippen LogP contribution is 2.22. The monoisotopic (exact) mass is 445 g/mol. The van der Waals surface area contributed by atoms with Crippen LogP contribution in [0.15, 0.2) is 48.5 Å². The summed E-state index contributed by atoms with van der Waals surface area (Å²) >= 11 is 2.21. The molecule has 0 fully saturated rings. The van der Waals surface area contributed by atoms with Gasteiger partial charge in [-0.15, -0.1) is 0 Å². The quantitative estimate of drug-likeness (QED) is 0.592. The SMILES string of the molecule is Cc1ccccc1Cn1nc(C)c(NC(=O)c2cccc(I)c2)c1C. The smallest absolute Gasteiger partial charge is 0.255 e. The Kier molecular flexibility index (Phi) is 5.22. The predicted molar refractivity (Wildman–Crippen MR) is 109 cm³/mol. The molecule has 0 saturated heterocycles. The van der Waals surface area contributed by atoms with Crippen molar-refractivity contribution in [2.45, 2.75) is 27.3 Å². The van der Waals surface area contributed by atoms with Gasteiger partial charge in [-0.1, -0.05) is 30.3 Å². The summed E-state index contributed by atoms with van der Waals surface area (Å²) in [5, 5.41) is 7.63. The molecule has 0 aliphatic rings. The molecule has 0 saturated carbocycles. The van der Waals surface area contributed by atoms with Crippen LogP contribution in [0.1, 0.15) is 32.9 Å². The highest BCUT2D eigenvalue weighted by molar-refractivity contribution is 14.1. The van der Waals surface area contributed by atoms with Crippen LogP contribution in [0.2, 0.25) is 0 Å². The first kappa shape index (κ1) is 17.7. The Hall–Kier alpha value is -2.15. The molecule has 0 bridgehead atoms. The van der Waals surface area contributed by atoms with Crippen molar-refractivity contribution in [2.24, 2.45) is 0 Å². The van der Waals surface area contributed by atoms with Gasteiger partial charge in [-0.05, 0) is 72.7 Å². The molecule has 0 unspecified atom stereocenters. The minimum Gasteiger partial charge on any atom is -0.319 e. The van der Waals surface area contributed by atoms with E-state index in [1.807, 2.05) is 54.9 Å². The van der Waals surface area contributed by atoms with Gasteiger partial charge < -0.3 is 5.32 Å². The summed E-state index contributed by atoms with van der Waals surface area (Å²) in [6.07, 6.45) is 0. The maximum atomic E-state index is 12.5. The topological polar surface area (TPSA) is 46.9 Å². The summed E-state index contributed by atoms with van der Waals surface area (Å²) in [6, 6.07) is 15.8. The molecule has 1 heterocycles. The number of hydrogen-bond donors (Lipinski definition) is 1. The number of amides is 1. The van der Waals surface area contributed by atoms with Crippen LogP contribution < -0.4 is 5.32 Å². The van der Waals surface area contributed by atoms with Crippen molar-refractivity contribution in [1.29, 1.82) is 0 Å². The van der Waals surface area contributed by atoms with Crippen molar-refractivity contribution >= 4 is 34.2 Å². The van der Waals surface area contributed by atoms with Crippen molar-refractivity contribution in [3.63, 3.8) is 0 Å². The summed E-state index contributed by atoms with van der Waals surface area (Å²) in [5.74, 6) is -0.111. The second-order valence-electron chi connectivity index (χ2n) is 6.09. The number of halogens is 1. The van der Waals surface area contributed by atoms with Crippen LogP contribution >= 0.6 is 22.6 Å². The van der Waals surface area contributed by atoms with Crippen LogP contribution in [0.3, 0.4) is 0 Å². The Balaban J connectivity index is 1.85. The molecule has 3 aromatic rings. The molecule has 25 heavy (non-hydrogen) atoms. The molecule has 5 heteroatoms. The van der Waals surface area contributed by atoms with E-state index in [-0.39, 0.29) is 5.91 Å². The van der Waals surface area contributed by atoms with Gasteiger partial charge in [-0.3, -0.25) is 9.48 Å². The first-order chi connectivity index (χ1) is 12.0. The van der Waals surface area contributed by atoms with Gasteiger partial charge in [0.15, 0.2) is 0 Å². The first-order valence-electron chi connectivity index (χ1n) is 8.11. The average Bonchev–Trinajstić information content (AvgIpc) is 2.84. The van der Waals surface area contributed by atoms with E-state index in [1.54, 1.807) is 0 Å². The van der Waals surface area contributed by atoms with Gasteiger partial charge in [-0.25, -0.2) is 0 Å². The van der Waals surface area contributed by atoms with E-state index >= 15 is 0 Å². The molecule has 1 aromatic heterocycles. The van der Waals surface area contributed by atoms with Crippen molar-refractivity contribution in [1.82, 2.24) is 9.78 Å². The van der Waals surface area contributed by atoms with Gasteiger partial charge >= 0.3 is 0 Å². The summed E-state index contributed by atoms with van der Waals surface area (Å²) in [7, 11) is 0. The fourth-order valence-corrected chi connectivity index (χ4v) is 3.34. The minimum atomic E-state index is -0.111. The normalized spacial score (nSPS) is 10.7. The number of rotatable bonds is 4. The maximum Gasteiger partial charge on any atom is 0.255 e. The molecule has 128 valence electrons. The second kappa shape index (κ2) is 7.39. The van der Waals surface area contributed by atoms with E-state index in [9.17, 15) is 4.79 Å². The lowest BCUT2D eigenvalue weighted by molar-refractivity contribution is 0.102. The minimum absolute atomic E-state index is 0.111. The molecule has 0 aliphatic heterocycles. The average molecular weight is 445 g/mol. The number of anilines is 1. The summed E-state index contributed by atoms with van der Waals surface area (Å²) < 4.78 is 2.98. The van der Waals surface area contributed by atoms with Gasteiger partial charge in [0, 0.05) is 9.13 Å². The summed E-state index contributed by atoms with van der Waals surface area (Å²) in [6.45, 7) is 6.70. The number of carbonyl (C=O) groups excluding carboxylic acids is 1. The van der Waals surface area contributed by atoms with E-state index in [2.05, 4.69) is 52.1 Å². The molecule has 0 spiro atoms. The van der Waals surface area contributed by atoms with Crippen molar-refractivity contribution in [3.8, 4) is 0 Å². The Morgan fingerprint density at radius 2 is 1.88 bits per heavy atom. The predicted octanol–water partition coefficient (Wildman–Crippen LogP) is 4.71. The zero-order valence-electron chi connectivity index (χ0n) is 14.5. The molecule has 1 N–H and O–H groups in total. The Bertz CT molecular complexity index is 930. The Morgan fingerprint density at radius 3 is 2.60 bits per heavy atom. The van der Waals surface area contributed by atoms with E-state index in [1.165, 1.54) is 11.1 Å². The van der Waals surface area contributed by atoms with E-state index in [4.69, 9.17) is 0 Å². The second-order valence-corrected chi connectivity index (χ2v) is 7.34. The highest BCUT2D eigenvalue weighted by atomic mass is 127. The van der Waals surface area contributed by atoms with Gasteiger partial charge in [0.05, 0.1) is 23.6 Å². The van der Waals surface area contributed by atoms with E-state index in [0.29, 0.717) is 12.1 Å². The van der Waals surface area contributed by atoms with Gasteiger partial charge in [0.2, 0.25) is 0 Å². The summed E-state index contributed by atoms with van der Waals surface area (Å²) in [4.78, 5) is 12.5. The largest absolute Gasteiger partial charge is 0.319 e. The van der Waals surface area contributed by atoms with Gasteiger partial charge in [0.1, 0.15) is 0 Å². The third-order valence-corrected chi connectivity index (χ3v) is 4.96. The number of benzene rings is 2. The van der Waals surface area contributed by atoms with Crippen LogP contribution in [-0.4, -0.2) is 15.7 Å². The highest BCUT2D eigenvalue weighted by Gasteiger charge is 2.16. The Labute approximate surface area is 161 Å². The molecule has 2 aromatic carbocycles. The number of carbonyl (C=O) groups is 1. The lowest BCUT2D eigenvalue weighted by Gasteiger charge is -2.09. The fraction of sp³-hybridized carbons (Fsp3) is 0.200. The number of nitrogens with one attached hydrogen (secondary N) is 1. The molecular weight excluding hydrogens is 425 g/mol. The van der Waals surface area contributed by atoms with Crippen molar-refractivity contribution < 1.29 is 4.79 Å². The third-order valence-electron chi connectivity index (χ3n) is 4.29. The number of aryl methyl sites for hydroxylation is 2. The third kappa shape index (κ3) is 3.92. The van der Waals surface area contributed by atoms with Gasteiger partial charge in [0.25, 0.3) is 5.91 Å². The first-order valence-corrected chi connectivity index (χ1v) is 9.19. The van der Waals surface area contributed by atoms with Crippen LogP contribution in [0.5, 0.6) is 0 Å². The van der Waals surface area contributed by atoms with E-state index in [0.717, 1.165) is 20.6 Å². The molecule has 3 rings (SSSR count). The molecule has 0 radical (unpaired) electrons. The maximum absolute atomic E-state index is 12.5. The molecule has 0 aliphatic carbocycles. The number of nitrogens with zero attached hydrogens (tertiary/aromatic N) is 2. The Morgan fingerprint density at radius 1 is 1.12 bits per heavy atom. The number of aromatic nitrogens is 2. The standard InChI is InChI=1S/C20H20IN3O/c1-13-7-4-5-8-17(13)12-24-15(3)19(14(2)23-24)22-20(25)16-9-6-10-18(21)11-16/h4-11H,12H2,1-3H3,(H,22,25). The van der Waals surface area contributed by atoms with E-state index < -0.39 is 0 Å². The molecule has 1 amide bonds. The van der Waals surface area contributed by atoms with Crippen LogP contribution in [0, 0.1) is 24.3 Å². The molecular formula is C20H20IN3O. The van der Waals surface area contributed by atoms with Crippen molar-refractivity contribution in [2.75, 3.05) is 5.32 Å². The van der Waals surface area contributed by atoms with Gasteiger partial charge in [-0.2, -0.15) is 5.10 Å². The lowest BCUT2D eigenvalue weighted by atomic mass is 10.1. The number of hydrogen-bond acceptors (Lipinski definition) is 2. The van der Waals surface area contributed by atoms with Crippen molar-refractivity contribution in [3.05, 3.63) is 80.2 Å². The zero-order valence-corrected chi connectivity index (χ0v) is 16.7. The summed E-state index contributed by atoms with van der Waals surface area (Å²) in [5.41, 5.74) is 5.68. The molecule has 4 nitrogen and oxygen atoms in total. The van der Waals surface area contributed by atoms with Crippen LogP contribution in [0.25, 0.3) is 0 Å². The molecule has 0 atom stereocenters. The zero-order chi connectivity index (χ0) is 18.0. The van der Waals surface area contributed by atoms with Crippen LogP contribution in [0.4, 0.5) is 5.69 Å². The lowest BCUT2D eigenvalue weighted by Crippen LogP contribution is -2.13. The fourth-order valence-electron chi connectivity index (χ4n) is 2.80. The van der Waals surface area contributed by atoms with Crippen LogP contribution in [-0.2, 0) is 6.54 Å².